The van der Waals surface area contributed by atoms with Crippen molar-refractivity contribution in [2.45, 2.75) is 39.8 Å². The second-order valence-electron chi connectivity index (χ2n) is 4.99. The van der Waals surface area contributed by atoms with Gasteiger partial charge < -0.3 is 5.73 Å². The smallest absolute Gasteiger partial charge is 0.145 e. The van der Waals surface area contributed by atoms with E-state index in [4.69, 9.17) is 5.73 Å². The lowest BCUT2D eigenvalue weighted by atomic mass is 10.1. The molecule has 0 bridgehead atoms. The molecule has 3 nitrogen and oxygen atoms in total. The van der Waals surface area contributed by atoms with Gasteiger partial charge in [-0.1, -0.05) is 20.4 Å². The van der Waals surface area contributed by atoms with E-state index in [1.165, 1.54) is 0 Å². The first-order chi connectivity index (χ1) is 7.77. The standard InChI is InChI=1S/C13H26N2OS/c1-9(2)13(16)8-17-7-12(11(5)14)15(6)10(3)4/h9-10,12H,5,7-8,14H2,1-4,6H3. The van der Waals surface area contributed by atoms with Crippen molar-refractivity contribution in [3.63, 3.8) is 0 Å². The lowest BCUT2D eigenvalue weighted by molar-refractivity contribution is -0.119. The molecule has 0 aliphatic heterocycles. The minimum atomic E-state index is 0.116. The second-order valence-corrected chi connectivity index (χ2v) is 6.02. The zero-order chi connectivity index (χ0) is 13.6. The van der Waals surface area contributed by atoms with E-state index in [0.29, 0.717) is 23.3 Å². The summed E-state index contributed by atoms with van der Waals surface area (Å²) in [6.07, 6.45) is 0. The number of Topliss-reactive ketones (excluding diaryl/α,β-unsaturated/α-hetero) is 1. The van der Waals surface area contributed by atoms with E-state index in [9.17, 15) is 4.79 Å². The van der Waals surface area contributed by atoms with E-state index in [0.717, 1.165) is 5.75 Å². The Labute approximate surface area is 110 Å². The number of nitrogens with zero attached hydrogens (tertiary/aromatic N) is 1. The largest absolute Gasteiger partial charge is 0.401 e. The highest BCUT2D eigenvalue weighted by Gasteiger charge is 2.19. The zero-order valence-corrected chi connectivity index (χ0v) is 12.5. The number of rotatable bonds is 8. The summed E-state index contributed by atoms with van der Waals surface area (Å²) >= 11 is 1.64. The van der Waals surface area contributed by atoms with E-state index >= 15 is 0 Å². The molecule has 1 atom stereocenters. The van der Waals surface area contributed by atoms with Gasteiger partial charge in [0, 0.05) is 23.4 Å². The highest BCUT2D eigenvalue weighted by molar-refractivity contribution is 8.00. The van der Waals surface area contributed by atoms with Crippen molar-refractivity contribution in [2.75, 3.05) is 18.6 Å². The number of nitrogens with two attached hydrogens (primary N) is 1. The van der Waals surface area contributed by atoms with Crippen LogP contribution in [-0.4, -0.2) is 41.3 Å². The van der Waals surface area contributed by atoms with Gasteiger partial charge in [0.1, 0.15) is 5.78 Å². The normalized spacial score (nSPS) is 13.4. The molecule has 0 radical (unpaired) electrons. The Morgan fingerprint density at radius 3 is 2.24 bits per heavy atom. The maximum Gasteiger partial charge on any atom is 0.145 e. The predicted octanol–water partition coefficient (Wildman–Crippen LogP) is 2.13. The molecule has 1 unspecified atom stereocenters. The zero-order valence-electron chi connectivity index (χ0n) is 11.7. The molecule has 4 heteroatoms. The number of ketones is 1. The Bertz CT molecular complexity index is 264. The van der Waals surface area contributed by atoms with Crippen molar-refractivity contribution in [1.82, 2.24) is 4.90 Å². The molecule has 0 aliphatic rings. The van der Waals surface area contributed by atoms with Crippen LogP contribution in [0.2, 0.25) is 0 Å². The molecular formula is C13H26N2OS. The number of hydrogen-bond donors (Lipinski definition) is 1. The van der Waals surface area contributed by atoms with Crippen LogP contribution in [0.4, 0.5) is 0 Å². The lowest BCUT2D eigenvalue weighted by Crippen LogP contribution is -2.42. The van der Waals surface area contributed by atoms with Crippen LogP contribution in [0.3, 0.4) is 0 Å². The fourth-order valence-corrected chi connectivity index (χ4v) is 2.61. The van der Waals surface area contributed by atoms with E-state index in [1.807, 2.05) is 20.9 Å². The molecule has 0 aromatic heterocycles. The minimum Gasteiger partial charge on any atom is -0.401 e. The van der Waals surface area contributed by atoms with Crippen molar-refractivity contribution < 1.29 is 4.79 Å². The van der Waals surface area contributed by atoms with Gasteiger partial charge >= 0.3 is 0 Å². The van der Waals surface area contributed by atoms with Crippen molar-refractivity contribution >= 4 is 17.5 Å². The molecule has 0 aromatic rings. The van der Waals surface area contributed by atoms with Crippen molar-refractivity contribution in [3.05, 3.63) is 12.3 Å². The van der Waals surface area contributed by atoms with Crippen molar-refractivity contribution in [1.29, 1.82) is 0 Å². The Balaban J connectivity index is 4.20. The molecule has 0 saturated heterocycles. The van der Waals surface area contributed by atoms with Gasteiger partial charge in [0.2, 0.25) is 0 Å². The summed E-state index contributed by atoms with van der Waals surface area (Å²) < 4.78 is 0. The summed E-state index contributed by atoms with van der Waals surface area (Å²) in [4.78, 5) is 13.7. The maximum atomic E-state index is 11.5. The topological polar surface area (TPSA) is 46.3 Å². The van der Waals surface area contributed by atoms with Gasteiger partial charge in [-0.2, -0.15) is 11.8 Å². The molecule has 0 aliphatic carbocycles. The van der Waals surface area contributed by atoms with E-state index in [1.54, 1.807) is 11.8 Å². The molecule has 17 heavy (non-hydrogen) atoms. The Kier molecular flexibility index (Phi) is 7.55. The third-order valence-corrected chi connectivity index (χ3v) is 3.94. The predicted molar refractivity (Wildman–Crippen MR) is 77.2 cm³/mol. The summed E-state index contributed by atoms with van der Waals surface area (Å²) in [6.45, 7) is 11.9. The molecule has 100 valence electrons. The Morgan fingerprint density at radius 2 is 1.88 bits per heavy atom. The van der Waals surface area contributed by atoms with Crippen LogP contribution < -0.4 is 5.73 Å². The van der Waals surface area contributed by atoms with Gasteiger partial charge in [0.25, 0.3) is 0 Å². The molecule has 0 rings (SSSR count). The van der Waals surface area contributed by atoms with Crippen molar-refractivity contribution in [3.8, 4) is 0 Å². The summed E-state index contributed by atoms with van der Waals surface area (Å²) in [5.74, 6) is 1.80. The van der Waals surface area contributed by atoms with Crippen LogP contribution in [0.1, 0.15) is 27.7 Å². The van der Waals surface area contributed by atoms with Crippen LogP contribution in [-0.2, 0) is 4.79 Å². The number of carbonyl (C=O) groups excluding carboxylic acids is 1. The first-order valence-corrected chi connectivity index (χ1v) is 7.19. The second kappa shape index (κ2) is 7.77. The third-order valence-electron chi connectivity index (χ3n) is 2.90. The molecule has 0 spiro atoms. The average molecular weight is 258 g/mol. The minimum absolute atomic E-state index is 0.116. The van der Waals surface area contributed by atoms with E-state index in [2.05, 4.69) is 25.3 Å². The number of likely N-dealkylation sites (N-methyl/N-ethyl adjacent to an activating group) is 1. The molecule has 0 saturated carbocycles. The highest BCUT2D eigenvalue weighted by Crippen LogP contribution is 2.15. The van der Waals surface area contributed by atoms with E-state index < -0.39 is 0 Å². The Morgan fingerprint density at radius 1 is 1.35 bits per heavy atom. The van der Waals surface area contributed by atoms with Gasteiger partial charge in [0.05, 0.1) is 11.8 Å². The summed E-state index contributed by atoms with van der Waals surface area (Å²) in [5.41, 5.74) is 6.49. The highest BCUT2D eigenvalue weighted by atomic mass is 32.2. The monoisotopic (exact) mass is 258 g/mol. The van der Waals surface area contributed by atoms with Crippen LogP contribution in [0.25, 0.3) is 0 Å². The fourth-order valence-electron chi connectivity index (χ4n) is 1.28. The average Bonchev–Trinajstić information content (AvgIpc) is 2.22. The molecular weight excluding hydrogens is 232 g/mol. The fraction of sp³-hybridized carbons (Fsp3) is 0.769. The first kappa shape index (κ1) is 16.5. The maximum absolute atomic E-state index is 11.5. The van der Waals surface area contributed by atoms with Crippen LogP contribution in [0.5, 0.6) is 0 Å². The van der Waals surface area contributed by atoms with Gasteiger partial charge in [-0.15, -0.1) is 0 Å². The van der Waals surface area contributed by atoms with E-state index in [-0.39, 0.29) is 12.0 Å². The van der Waals surface area contributed by atoms with Crippen LogP contribution >= 0.6 is 11.8 Å². The van der Waals surface area contributed by atoms with Gasteiger partial charge in [-0.05, 0) is 20.9 Å². The molecule has 2 N–H and O–H groups in total. The number of hydrogen-bond acceptors (Lipinski definition) is 4. The van der Waals surface area contributed by atoms with Gasteiger partial charge in [-0.3, -0.25) is 9.69 Å². The molecule has 0 fully saturated rings. The first-order valence-electron chi connectivity index (χ1n) is 6.04. The summed E-state index contributed by atoms with van der Waals surface area (Å²) in [6, 6.07) is 0.557. The molecule has 0 amide bonds. The molecule has 0 aromatic carbocycles. The number of carbonyl (C=O) groups is 1. The number of thioether (sulfide) groups is 1. The lowest BCUT2D eigenvalue weighted by Gasteiger charge is -2.31. The van der Waals surface area contributed by atoms with Crippen molar-refractivity contribution in [2.24, 2.45) is 11.7 Å². The third kappa shape index (κ3) is 6.13. The SMILES string of the molecule is C=C(N)C(CSCC(=O)C(C)C)N(C)C(C)C. The van der Waals surface area contributed by atoms with Crippen LogP contribution in [0, 0.1) is 5.92 Å². The van der Waals surface area contributed by atoms with Gasteiger partial charge in [0.15, 0.2) is 0 Å². The quantitative estimate of drug-likeness (QED) is 0.724. The summed E-state index contributed by atoms with van der Waals surface area (Å²) in [5, 5.41) is 0. The summed E-state index contributed by atoms with van der Waals surface area (Å²) in [7, 11) is 2.04. The Hall–Kier alpha value is -0.480. The molecule has 0 heterocycles. The van der Waals surface area contributed by atoms with Crippen LogP contribution in [0.15, 0.2) is 12.3 Å². The van der Waals surface area contributed by atoms with Gasteiger partial charge in [-0.25, -0.2) is 0 Å².